The third-order valence-electron chi connectivity index (χ3n) is 3.81. The third kappa shape index (κ3) is 4.59. The summed E-state index contributed by atoms with van der Waals surface area (Å²) in [5.41, 5.74) is 1.49. The second kappa shape index (κ2) is 7.83. The number of ether oxygens (including phenoxy) is 2. The molecule has 1 aromatic carbocycles. The van der Waals surface area contributed by atoms with Gasteiger partial charge in [-0.25, -0.2) is 9.97 Å². The lowest BCUT2D eigenvalue weighted by molar-refractivity contribution is 0.0951. The highest BCUT2D eigenvalue weighted by atomic mass is 16.7. The van der Waals surface area contributed by atoms with Crippen molar-refractivity contribution in [2.45, 2.75) is 26.8 Å². The molecule has 2 N–H and O–H groups in total. The van der Waals surface area contributed by atoms with E-state index in [-0.39, 0.29) is 12.7 Å². The number of hydrogen-bond acceptors (Lipinski definition) is 6. The predicted octanol–water partition coefficient (Wildman–Crippen LogP) is 2.59. The fraction of sp³-hybridized carbons (Fsp3) is 0.389. The Hall–Kier alpha value is -2.83. The molecule has 25 heavy (non-hydrogen) atoms. The van der Waals surface area contributed by atoms with Gasteiger partial charge < -0.3 is 20.1 Å². The molecule has 0 spiro atoms. The van der Waals surface area contributed by atoms with E-state index >= 15 is 0 Å². The molecule has 0 bridgehead atoms. The van der Waals surface area contributed by atoms with Gasteiger partial charge in [-0.3, -0.25) is 4.79 Å². The van der Waals surface area contributed by atoms with Gasteiger partial charge in [0.15, 0.2) is 11.5 Å². The molecule has 0 fully saturated rings. The highest BCUT2D eigenvalue weighted by Crippen LogP contribution is 2.32. The van der Waals surface area contributed by atoms with Crippen molar-refractivity contribution in [3.05, 3.63) is 41.7 Å². The third-order valence-corrected chi connectivity index (χ3v) is 3.81. The van der Waals surface area contributed by atoms with E-state index in [9.17, 15) is 4.79 Å². The van der Waals surface area contributed by atoms with Crippen molar-refractivity contribution in [3.63, 3.8) is 0 Å². The van der Waals surface area contributed by atoms with E-state index in [1.165, 1.54) is 12.4 Å². The molecular weight excluding hydrogens is 320 g/mol. The van der Waals surface area contributed by atoms with Crippen molar-refractivity contribution < 1.29 is 14.3 Å². The number of benzene rings is 1. The van der Waals surface area contributed by atoms with Gasteiger partial charge in [-0.2, -0.15) is 0 Å². The molecule has 0 radical (unpaired) electrons. The second-order valence-electron chi connectivity index (χ2n) is 6.27. The van der Waals surface area contributed by atoms with Gasteiger partial charge in [-0.05, 0) is 30.0 Å². The number of carbonyl (C=O) groups excluding carboxylic acids is 1. The fourth-order valence-electron chi connectivity index (χ4n) is 2.35. The summed E-state index contributed by atoms with van der Waals surface area (Å²) in [6, 6.07) is 5.76. The van der Waals surface area contributed by atoms with Gasteiger partial charge in [0.25, 0.3) is 5.91 Å². The maximum absolute atomic E-state index is 12.0. The lowest BCUT2D eigenvalue weighted by atomic mass is 10.1. The van der Waals surface area contributed by atoms with Crippen LogP contribution in [0.15, 0.2) is 30.6 Å². The molecule has 132 valence electrons. The monoisotopic (exact) mass is 342 g/mol. The Labute approximate surface area is 146 Å². The maximum atomic E-state index is 12.0. The van der Waals surface area contributed by atoms with Gasteiger partial charge in [0.05, 0.1) is 5.56 Å². The summed E-state index contributed by atoms with van der Waals surface area (Å²) in [7, 11) is 0. The largest absolute Gasteiger partial charge is 0.454 e. The number of amides is 1. The van der Waals surface area contributed by atoms with Gasteiger partial charge in [-0.1, -0.05) is 19.9 Å². The lowest BCUT2D eigenvalue weighted by Crippen LogP contribution is -2.25. The second-order valence-corrected chi connectivity index (χ2v) is 6.27. The normalized spacial score (nSPS) is 12.3. The Morgan fingerprint density at radius 1 is 1.20 bits per heavy atom. The van der Waals surface area contributed by atoms with Crippen LogP contribution in [0.2, 0.25) is 0 Å². The van der Waals surface area contributed by atoms with Crippen molar-refractivity contribution in [2.75, 3.05) is 18.7 Å². The smallest absolute Gasteiger partial charge is 0.254 e. The minimum Gasteiger partial charge on any atom is -0.454 e. The molecule has 1 aromatic heterocycles. The van der Waals surface area contributed by atoms with E-state index in [1.54, 1.807) is 0 Å². The quantitative estimate of drug-likeness (QED) is 0.804. The van der Waals surface area contributed by atoms with Gasteiger partial charge in [0.2, 0.25) is 12.7 Å². The average Bonchev–Trinajstić information content (AvgIpc) is 3.07. The number of rotatable bonds is 7. The average molecular weight is 342 g/mol. The number of aromatic nitrogens is 2. The van der Waals surface area contributed by atoms with Crippen LogP contribution in [0.5, 0.6) is 11.5 Å². The molecule has 0 saturated carbocycles. The first-order valence-electron chi connectivity index (χ1n) is 8.34. The molecule has 7 heteroatoms. The molecule has 0 aliphatic carbocycles. The summed E-state index contributed by atoms with van der Waals surface area (Å²) in [5, 5.41) is 5.99. The zero-order valence-electron chi connectivity index (χ0n) is 14.4. The minimum absolute atomic E-state index is 0.150. The van der Waals surface area contributed by atoms with Gasteiger partial charge in [0, 0.05) is 25.5 Å². The molecule has 0 atom stereocenters. The summed E-state index contributed by atoms with van der Waals surface area (Å²) < 4.78 is 10.6. The van der Waals surface area contributed by atoms with Crippen LogP contribution in [0.1, 0.15) is 36.2 Å². The molecule has 0 saturated heterocycles. The van der Waals surface area contributed by atoms with E-state index < -0.39 is 0 Å². The van der Waals surface area contributed by atoms with Crippen molar-refractivity contribution in [1.82, 2.24) is 15.3 Å². The summed E-state index contributed by atoms with van der Waals surface area (Å²) >= 11 is 0. The number of carbonyl (C=O) groups is 1. The van der Waals surface area contributed by atoms with Gasteiger partial charge in [0.1, 0.15) is 0 Å². The van der Waals surface area contributed by atoms with Gasteiger partial charge in [-0.15, -0.1) is 0 Å². The van der Waals surface area contributed by atoms with Crippen LogP contribution in [-0.4, -0.2) is 29.2 Å². The molecular formula is C18H22N4O3. The van der Waals surface area contributed by atoms with E-state index in [1.807, 2.05) is 18.2 Å². The Balaban J connectivity index is 1.51. The van der Waals surface area contributed by atoms with Crippen LogP contribution in [0.3, 0.4) is 0 Å². The van der Waals surface area contributed by atoms with Crippen LogP contribution < -0.4 is 20.1 Å². The Morgan fingerprint density at radius 2 is 1.96 bits per heavy atom. The zero-order valence-corrected chi connectivity index (χ0v) is 14.4. The number of hydrogen-bond donors (Lipinski definition) is 2. The fourth-order valence-corrected chi connectivity index (χ4v) is 2.35. The van der Waals surface area contributed by atoms with Crippen LogP contribution in [0, 0.1) is 5.92 Å². The van der Waals surface area contributed by atoms with E-state index in [0.717, 1.165) is 23.5 Å². The topological polar surface area (TPSA) is 85.4 Å². The van der Waals surface area contributed by atoms with Gasteiger partial charge >= 0.3 is 0 Å². The molecule has 2 heterocycles. The molecule has 3 rings (SSSR count). The molecule has 7 nitrogen and oxygen atoms in total. The van der Waals surface area contributed by atoms with Crippen LogP contribution in [-0.2, 0) is 6.54 Å². The Morgan fingerprint density at radius 3 is 2.72 bits per heavy atom. The molecule has 1 aliphatic rings. The summed E-state index contributed by atoms with van der Waals surface area (Å²) in [5.74, 6) is 2.38. The van der Waals surface area contributed by atoms with Crippen LogP contribution in [0.25, 0.3) is 0 Å². The first-order chi connectivity index (χ1) is 12.1. The van der Waals surface area contributed by atoms with Crippen molar-refractivity contribution in [1.29, 1.82) is 0 Å². The summed E-state index contributed by atoms with van der Waals surface area (Å²) in [4.78, 5) is 20.4. The Kier molecular flexibility index (Phi) is 5.33. The highest BCUT2D eigenvalue weighted by molar-refractivity contribution is 5.93. The molecule has 0 unspecified atom stereocenters. The maximum Gasteiger partial charge on any atom is 0.254 e. The van der Waals surface area contributed by atoms with E-state index in [4.69, 9.17) is 9.47 Å². The highest BCUT2D eigenvalue weighted by Gasteiger charge is 2.13. The first kappa shape index (κ1) is 17.0. The lowest BCUT2D eigenvalue weighted by Gasteiger charge is -2.08. The Bertz CT molecular complexity index is 732. The molecule has 2 aromatic rings. The SMILES string of the molecule is CC(C)CCNC(=O)c1cnc(NCc2ccc3c(c2)OCO3)nc1. The van der Waals surface area contributed by atoms with E-state index in [0.29, 0.717) is 30.5 Å². The van der Waals surface area contributed by atoms with Crippen molar-refractivity contribution >= 4 is 11.9 Å². The number of nitrogens with one attached hydrogen (secondary N) is 2. The zero-order chi connectivity index (χ0) is 17.6. The molecule has 1 amide bonds. The number of nitrogens with zero attached hydrogens (tertiary/aromatic N) is 2. The number of fused-ring (bicyclic) bond motifs is 1. The van der Waals surface area contributed by atoms with Crippen molar-refractivity contribution in [3.8, 4) is 11.5 Å². The summed E-state index contributed by atoms with van der Waals surface area (Å²) in [6.45, 7) is 5.71. The first-order valence-corrected chi connectivity index (χ1v) is 8.34. The minimum atomic E-state index is -0.150. The van der Waals surface area contributed by atoms with Crippen molar-refractivity contribution in [2.24, 2.45) is 5.92 Å². The standard InChI is InChI=1S/C18H22N4O3/c1-12(2)5-6-19-17(23)14-9-21-18(22-10-14)20-8-13-3-4-15-16(7-13)25-11-24-15/h3-4,7,9-10,12H,5-6,8,11H2,1-2H3,(H,19,23)(H,20,21,22). The summed E-state index contributed by atoms with van der Waals surface area (Å²) in [6.07, 6.45) is 4.00. The number of anilines is 1. The van der Waals surface area contributed by atoms with Crippen LogP contribution in [0.4, 0.5) is 5.95 Å². The molecule has 1 aliphatic heterocycles. The van der Waals surface area contributed by atoms with Crippen LogP contribution >= 0.6 is 0 Å². The predicted molar refractivity (Wildman–Crippen MR) is 93.7 cm³/mol. The van der Waals surface area contributed by atoms with E-state index in [2.05, 4.69) is 34.4 Å².